The molecule has 0 atom stereocenters. The number of anilines is 1. The van der Waals surface area contributed by atoms with Crippen LogP contribution < -0.4 is 10.1 Å². The zero-order valence-corrected chi connectivity index (χ0v) is 12.7. The van der Waals surface area contributed by atoms with E-state index in [1.165, 1.54) is 11.3 Å². The summed E-state index contributed by atoms with van der Waals surface area (Å²) in [6.07, 6.45) is 0.290. The largest absolute Gasteiger partial charge is 0.497 e. The number of ketones is 1. The molecule has 1 N–H and O–H groups in total. The number of rotatable bonds is 6. The van der Waals surface area contributed by atoms with Crippen molar-refractivity contribution in [2.75, 3.05) is 12.4 Å². The average molecular weight is 304 g/mol. The quantitative estimate of drug-likeness (QED) is 0.833. The number of thiazole rings is 1. The zero-order chi connectivity index (χ0) is 15.2. The van der Waals surface area contributed by atoms with E-state index in [9.17, 15) is 9.59 Å². The number of amides is 1. The first kappa shape index (κ1) is 15.2. The summed E-state index contributed by atoms with van der Waals surface area (Å²) in [5.74, 6) is 0.337. The van der Waals surface area contributed by atoms with Crippen molar-refractivity contribution in [1.82, 2.24) is 4.98 Å². The maximum absolute atomic E-state index is 12.0. The summed E-state index contributed by atoms with van der Waals surface area (Å²) in [4.78, 5) is 27.9. The van der Waals surface area contributed by atoms with Crippen LogP contribution in [0.1, 0.15) is 28.9 Å². The highest BCUT2D eigenvalue weighted by Crippen LogP contribution is 2.16. The lowest BCUT2D eigenvalue weighted by molar-refractivity contribution is -0.116. The highest BCUT2D eigenvalue weighted by molar-refractivity contribution is 7.13. The number of aromatic nitrogens is 1. The predicted octanol–water partition coefficient (Wildman–Crippen LogP) is 3.06. The van der Waals surface area contributed by atoms with Gasteiger partial charge in [0.05, 0.1) is 12.8 Å². The Morgan fingerprint density at radius 2 is 2.14 bits per heavy atom. The Labute approximate surface area is 127 Å². The van der Waals surface area contributed by atoms with Gasteiger partial charge >= 0.3 is 0 Å². The fourth-order valence-corrected chi connectivity index (χ4v) is 2.47. The Balaban J connectivity index is 1.87. The van der Waals surface area contributed by atoms with E-state index in [1.54, 1.807) is 31.4 Å². The van der Waals surface area contributed by atoms with Crippen LogP contribution in [0.3, 0.4) is 0 Å². The number of hydrogen-bond acceptors (Lipinski definition) is 5. The molecule has 21 heavy (non-hydrogen) atoms. The van der Waals surface area contributed by atoms with Gasteiger partial charge in [-0.15, -0.1) is 11.3 Å². The van der Waals surface area contributed by atoms with Crippen molar-refractivity contribution < 1.29 is 14.3 Å². The molecule has 2 aromatic rings. The van der Waals surface area contributed by atoms with Gasteiger partial charge in [0.15, 0.2) is 10.9 Å². The SMILES string of the molecule is COc1cccc(C(=O)CCC(=O)Nc2nc(C)cs2)c1. The van der Waals surface area contributed by atoms with Gasteiger partial charge in [-0.05, 0) is 19.1 Å². The van der Waals surface area contributed by atoms with Crippen LogP contribution in [0.25, 0.3) is 0 Å². The van der Waals surface area contributed by atoms with Crippen molar-refractivity contribution in [2.24, 2.45) is 0 Å². The number of Topliss-reactive ketones (excluding diaryl/α,β-unsaturated/α-hetero) is 1. The molecule has 6 heteroatoms. The zero-order valence-electron chi connectivity index (χ0n) is 11.9. The van der Waals surface area contributed by atoms with Crippen LogP contribution in [-0.2, 0) is 4.79 Å². The number of nitrogens with one attached hydrogen (secondary N) is 1. The molecule has 0 radical (unpaired) electrons. The van der Waals surface area contributed by atoms with E-state index in [-0.39, 0.29) is 24.5 Å². The van der Waals surface area contributed by atoms with Crippen LogP contribution >= 0.6 is 11.3 Å². The topological polar surface area (TPSA) is 68.3 Å². The van der Waals surface area contributed by atoms with E-state index in [2.05, 4.69) is 10.3 Å². The second-order valence-corrected chi connectivity index (χ2v) is 5.36. The normalized spacial score (nSPS) is 10.2. The van der Waals surface area contributed by atoms with Crippen molar-refractivity contribution in [3.05, 3.63) is 40.9 Å². The van der Waals surface area contributed by atoms with Gasteiger partial charge in [0, 0.05) is 23.8 Å². The molecule has 0 aliphatic carbocycles. The Hall–Kier alpha value is -2.21. The number of carbonyl (C=O) groups is 2. The summed E-state index contributed by atoms with van der Waals surface area (Å²) in [7, 11) is 1.55. The fraction of sp³-hybridized carbons (Fsp3) is 0.267. The first-order chi connectivity index (χ1) is 10.1. The number of benzene rings is 1. The molecule has 0 aliphatic rings. The molecular weight excluding hydrogens is 288 g/mol. The molecule has 0 saturated heterocycles. The number of hydrogen-bond donors (Lipinski definition) is 1. The van der Waals surface area contributed by atoms with Gasteiger partial charge in [0.25, 0.3) is 0 Å². The van der Waals surface area contributed by atoms with Crippen LogP contribution in [-0.4, -0.2) is 23.8 Å². The molecule has 1 heterocycles. The van der Waals surface area contributed by atoms with Crippen molar-refractivity contribution in [3.63, 3.8) is 0 Å². The first-order valence-corrected chi connectivity index (χ1v) is 7.35. The van der Waals surface area contributed by atoms with Crippen LogP contribution in [0.5, 0.6) is 5.75 Å². The lowest BCUT2D eigenvalue weighted by atomic mass is 10.1. The van der Waals surface area contributed by atoms with Gasteiger partial charge < -0.3 is 10.1 Å². The van der Waals surface area contributed by atoms with Gasteiger partial charge in [0.2, 0.25) is 5.91 Å². The molecule has 110 valence electrons. The smallest absolute Gasteiger partial charge is 0.226 e. The lowest BCUT2D eigenvalue weighted by Crippen LogP contribution is -2.13. The van der Waals surface area contributed by atoms with E-state index < -0.39 is 0 Å². The standard InChI is InChI=1S/C15H16N2O3S/c1-10-9-21-15(16-10)17-14(19)7-6-13(18)11-4-3-5-12(8-11)20-2/h3-5,8-9H,6-7H2,1-2H3,(H,16,17,19). The van der Waals surface area contributed by atoms with E-state index in [4.69, 9.17) is 4.74 Å². The Bertz CT molecular complexity index is 652. The summed E-state index contributed by atoms with van der Waals surface area (Å²) >= 11 is 1.37. The third-order valence-electron chi connectivity index (χ3n) is 2.84. The molecular formula is C15H16N2O3S. The molecule has 5 nitrogen and oxygen atoms in total. The Morgan fingerprint density at radius 1 is 1.33 bits per heavy atom. The minimum absolute atomic E-state index is 0.0839. The van der Waals surface area contributed by atoms with Crippen LogP contribution in [0.2, 0.25) is 0 Å². The summed E-state index contributed by atoms with van der Waals surface area (Å²) in [5.41, 5.74) is 1.41. The Kier molecular flexibility index (Phi) is 5.05. The predicted molar refractivity (Wildman–Crippen MR) is 82.0 cm³/mol. The lowest BCUT2D eigenvalue weighted by Gasteiger charge is -2.04. The first-order valence-electron chi connectivity index (χ1n) is 6.47. The van der Waals surface area contributed by atoms with E-state index in [0.29, 0.717) is 16.4 Å². The second-order valence-electron chi connectivity index (χ2n) is 4.50. The summed E-state index contributed by atoms with van der Waals surface area (Å²) in [6, 6.07) is 6.91. The van der Waals surface area contributed by atoms with Crippen molar-refractivity contribution in [2.45, 2.75) is 19.8 Å². The minimum atomic E-state index is -0.208. The molecule has 1 aromatic heterocycles. The molecule has 1 aromatic carbocycles. The number of methoxy groups -OCH3 is 1. The summed E-state index contributed by atoms with van der Waals surface area (Å²) in [6.45, 7) is 1.86. The number of carbonyl (C=O) groups excluding carboxylic acids is 2. The molecule has 1 amide bonds. The molecule has 2 rings (SSSR count). The van der Waals surface area contributed by atoms with E-state index in [1.807, 2.05) is 12.3 Å². The number of aryl methyl sites for hydroxylation is 1. The van der Waals surface area contributed by atoms with Gasteiger partial charge in [-0.25, -0.2) is 4.98 Å². The summed E-state index contributed by atoms with van der Waals surface area (Å²) in [5, 5.41) is 5.10. The third kappa shape index (κ3) is 4.39. The minimum Gasteiger partial charge on any atom is -0.497 e. The number of ether oxygens (including phenoxy) is 1. The van der Waals surface area contributed by atoms with E-state index in [0.717, 1.165) is 5.69 Å². The van der Waals surface area contributed by atoms with Gasteiger partial charge in [0.1, 0.15) is 5.75 Å². The van der Waals surface area contributed by atoms with Crippen molar-refractivity contribution in [3.8, 4) is 5.75 Å². The molecule has 0 saturated carbocycles. The van der Waals surface area contributed by atoms with Crippen molar-refractivity contribution >= 4 is 28.2 Å². The van der Waals surface area contributed by atoms with Crippen LogP contribution in [0.4, 0.5) is 5.13 Å². The summed E-state index contributed by atoms with van der Waals surface area (Å²) < 4.78 is 5.07. The van der Waals surface area contributed by atoms with Crippen molar-refractivity contribution in [1.29, 1.82) is 0 Å². The molecule has 0 fully saturated rings. The maximum atomic E-state index is 12.0. The Morgan fingerprint density at radius 3 is 2.81 bits per heavy atom. The van der Waals surface area contributed by atoms with Gasteiger partial charge in [-0.2, -0.15) is 0 Å². The van der Waals surface area contributed by atoms with Crippen LogP contribution in [0.15, 0.2) is 29.6 Å². The van der Waals surface area contributed by atoms with Gasteiger partial charge in [-0.3, -0.25) is 9.59 Å². The highest BCUT2D eigenvalue weighted by atomic mass is 32.1. The maximum Gasteiger partial charge on any atom is 0.226 e. The fourth-order valence-electron chi connectivity index (χ4n) is 1.76. The molecule has 0 aliphatic heterocycles. The van der Waals surface area contributed by atoms with E-state index >= 15 is 0 Å². The second kappa shape index (κ2) is 6.99. The molecule has 0 spiro atoms. The third-order valence-corrected chi connectivity index (χ3v) is 3.71. The monoisotopic (exact) mass is 304 g/mol. The highest BCUT2D eigenvalue weighted by Gasteiger charge is 2.11. The molecule has 0 bridgehead atoms. The molecule has 0 unspecified atom stereocenters. The number of nitrogens with zero attached hydrogens (tertiary/aromatic N) is 1. The average Bonchev–Trinajstić information content (AvgIpc) is 2.90. The van der Waals surface area contributed by atoms with Gasteiger partial charge in [-0.1, -0.05) is 12.1 Å². The van der Waals surface area contributed by atoms with Crippen LogP contribution in [0, 0.1) is 6.92 Å².